The summed E-state index contributed by atoms with van der Waals surface area (Å²) >= 11 is 0. The van der Waals surface area contributed by atoms with Gasteiger partial charge in [-0.3, -0.25) is 9.59 Å². The van der Waals surface area contributed by atoms with Crippen LogP contribution in [0.15, 0.2) is 0 Å². The van der Waals surface area contributed by atoms with E-state index in [2.05, 4.69) is 44.0 Å². The van der Waals surface area contributed by atoms with Crippen molar-refractivity contribution in [3.05, 3.63) is 4.65 Å². The summed E-state index contributed by atoms with van der Waals surface area (Å²) in [6, 6.07) is 0. The maximum Gasteiger partial charge on any atom is 1.00 e. The summed E-state index contributed by atoms with van der Waals surface area (Å²) in [6.45, 7) is 15.1. The number of esters is 1. The number of ketones is 1. The van der Waals surface area contributed by atoms with Gasteiger partial charge in [0.25, 0.3) is 0 Å². The Balaban J connectivity index is -0.000000385. The Morgan fingerprint density at radius 2 is 1.42 bits per heavy atom. The van der Waals surface area contributed by atoms with Crippen molar-refractivity contribution in [2.75, 3.05) is 6.61 Å². The van der Waals surface area contributed by atoms with E-state index in [0.717, 1.165) is 0 Å². The van der Waals surface area contributed by atoms with Crippen LogP contribution in [0.2, 0.25) is 39.3 Å². The van der Waals surface area contributed by atoms with Gasteiger partial charge in [-0.2, -0.15) is 8.78 Å². The molecule has 0 spiro atoms. The van der Waals surface area contributed by atoms with Gasteiger partial charge in [0.1, 0.15) is 6.42 Å². The van der Waals surface area contributed by atoms with Crippen molar-refractivity contribution in [1.82, 2.24) is 0 Å². The number of halogens is 4. The number of ether oxygens (including phenoxy) is 1. The van der Waals surface area contributed by atoms with Gasteiger partial charge in [0, 0.05) is 0 Å². The Kier molecular flexibility index (Phi) is 13.7. The molecule has 0 unspecified atom stereocenters. The van der Waals surface area contributed by atoms with Crippen LogP contribution >= 0.6 is 0 Å². The minimum Gasteiger partial charge on any atom is -0.668 e. The molecule has 24 heavy (non-hydrogen) atoms. The summed E-state index contributed by atoms with van der Waals surface area (Å²) < 4.78 is 56.6. The summed E-state index contributed by atoms with van der Waals surface area (Å²) in [4.78, 5) is 21.0. The largest absolute Gasteiger partial charge is 1.00 e. The molecule has 4 nitrogen and oxygen atoms in total. The quantitative estimate of drug-likeness (QED) is 0.289. The molecule has 0 bridgehead atoms. The SMILES string of the molecule is CCOC(=O)CC(=O)C(F)(F)C(F)F.C[Si](C)(C)[N-][Si](C)(C)C.[Li+]. The number of carbonyl (C=O) groups is 2. The van der Waals surface area contributed by atoms with E-state index < -0.39 is 47.0 Å². The van der Waals surface area contributed by atoms with Gasteiger partial charge in [-0.15, -0.1) is 0 Å². The molecule has 0 aromatic rings. The first kappa shape index (κ1) is 28.6. The molecule has 0 saturated carbocycles. The maximum atomic E-state index is 12.2. The van der Waals surface area contributed by atoms with Crippen LogP contribution < -0.4 is 18.9 Å². The van der Waals surface area contributed by atoms with Crippen LogP contribution in [0, 0.1) is 0 Å². The molecule has 0 saturated heterocycles. The summed E-state index contributed by atoms with van der Waals surface area (Å²) in [5, 5.41) is 0. The number of hydrogen-bond acceptors (Lipinski definition) is 3. The first-order valence-corrected chi connectivity index (χ1v) is 14.0. The molecule has 0 N–H and O–H groups in total. The van der Waals surface area contributed by atoms with Gasteiger partial charge in [0.05, 0.1) is 6.61 Å². The molecular weight excluding hydrogens is 357 g/mol. The third kappa shape index (κ3) is 15.4. The molecule has 0 aliphatic rings. The molecule has 11 heteroatoms. The van der Waals surface area contributed by atoms with E-state index in [4.69, 9.17) is 4.65 Å². The van der Waals surface area contributed by atoms with Crippen molar-refractivity contribution in [1.29, 1.82) is 0 Å². The van der Waals surface area contributed by atoms with E-state index in [0.29, 0.717) is 0 Å². The average molecular weight is 383 g/mol. The summed E-state index contributed by atoms with van der Waals surface area (Å²) in [6.07, 6.45) is -5.45. The first-order valence-electron chi connectivity index (χ1n) is 7.12. The topological polar surface area (TPSA) is 57.5 Å². The smallest absolute Gasteiger partial charge is 0.668 e. The van der Waals surface area contributed by atoms with Crippen molar-refractivity contribution in [2.45, 2.75) is 65.0 Å². The molecule has 138 valence electrons. The van der Waals surface area contributed by atoms with Gasteiger partial charge >= 0.3 is 37.2 Å². The van der Waals surface area contributed by atoms with Gasteiger partial charge in [-0.05, 0) is 6.92 Å². The van der Waals surface area contributed by atoms with Crippen LogP contribution in [0.5, 0.6) is 0 Å². The van der Waals surface area contributed by atoms with Gasteiger partial charge in [0.15, 0.2) is 0 Å². The van der Waals surface area contributed by atoms with Crippen LogP contribution in [-0.2, 0) is 14.3 Å². The van der Waals surface area contributed by atoms with Crippen molar-refractivity contribution in [3.63, 3.8) is 0 Å². The second kappa shape index (κ2) is 11.5. The minimum absolute atomic E-state index is 0. The fourth-order valence-corrected chi connectivity index (χ4v) is 9.64. The Bertz CT molecular complexity index is 388. The van der Waals surface area contributed by atoms with E-state index in [-0.39, 0.29) is 25.5 Å². The molecule has 0 rings (SSSR count). The number of rotatable bonds is 7. The zero-order valence-corrected chi connectivity index (χ0v) is 17.7. The average Bonchev–Trinajstić information content (AvgIpc) is 2.24. The van der Waals surface area contributed by atoms with Gasteiger partial charge < -0.3 is 9.38 Å². The molecule has 0 atom stereocenters. The zero-order valence-electron chi connectivity index (χ0n) is 15.7. The maximum absolute atomic E-state index is 12.2. The number of nitrogens with zero attached hydrogens (tertiary/aromatic N) is 1. The van der Waals surface area contributed by atoms with Gasteiger partial charge in [-0.25, -0.2) is 8.78 Å². The molecule has 0 fully saturated rings. The van der Waals surface area contributed by atoms with Gasteiger partial charge in [0.2, 0.25) is 5.78 Å². The Morgan fingerprint density at radius 1 is 1.04 bits per heavy atom. The first-order chi connectivity index (χ1) is 10.0. The molecule has 0 heterocycles. The number of alkyl halides is 4. The predicted octanol–water partition coefficient (Wildman–Crippen LogP) is 1.44. The molecule has 0 radical (unpaired) electrons. The molecule has 0 aliphatic heterocycles. The molecule has 0 aromatic carbocycles. The van der Waals surface area contributed by atoms with E-state index in [9.17, 15) is 27.2 Å². The monoisotopic (exact) mass is 383 g/mol. The Hall–Kier alpha value is -0.149. The molecule has 0 amide bonds. The van der Waals surface area contributed by atoms with E-state index in [1.54, 1.807) is 0 Å². The normalized spacial score (nSPS) is 12.0. The van der Waals surface area contributed by atoms with Crippen molar-refractivity contribution in [2.24, 2.45) is 0 Å². The standard InChI is InChI=1S/C7H8F4O3.C6H18NSi2.Li/c1-2-14-5(13)3-4(12)7(10,11)6(8)9;1-8(2,3)7-9(4,5)6;/h6H,2-3H2,1H3;1-6H3;/q;-1;+1. The Labute approximate surface area is 155 Å². The number of hydrogen-bond donors (Lipinski definition) is 0. The van der Waals surface area contributed by atoms with E-state index >= 15 is 0 Å². The molecule has 0 aromatic heterocycles. The van der Waals surface area contributed by atoms with Crippen LogP contribution in [0.3, 0.4) is 0 Å². The summed E-state index contributed by atoms with van der Waals surface area (Å²) in [7, 11) is -2.21. The Morgan fingerprint density at radius 3 is 1.62 bits per heavy atom. The van der Waals surface area contributed by atoms with Crippen LogP contribution in [0.4, 0.5) is 17.6 Å². The summed E-state index contributed by atoms with van der Waals surface area (Å²) in [5.41, 5.74) is 0. The summed E-state index contributed by atoms with van der Waals surface area (Å²) in [5.74, 6) is -8.16. The third-order valence-corrected chi connectivity index (χ3v) is 7.29. The fourth-order valence-electron chi connectivity index (χ4n) is 1.59. The van der Waals surface area contributed by atoms with Crippen LogP contribution in [-0.4, -0.2) is 47.2 Å². The minimum atomic E-state index is -4.78. The van der Waals surface area contributed by atoms with Crippen molar-refractivity contribution < 1.29 is 50.7 Å². The van der Waals surface area contributed by atoms with Crippen molar-refractivity contribution in [3.8, 4) is 0 Å². The molecule has 0 aliphatic carbocycles. The van der Waals surface area contributed by atoms with Crippen LogP contribution in [0.1, 0.15) is 13.3 Å². The number of Topliss-reactive ketones (excluding diaryl/α,β-unsaturated/α-hetero) is 1. The van der Waals surface area contributed by atoms with Crippen molar-refractivity contribution >= 4 is 28.2 Å². The third-order valence-electron chi connectivity index (χ3n) is 1.93. The van der Waals surface area contributed by atoms with E-state index in [1.807, 2.05) is 0 Å². The second-order valence-electron chi connectivity index (χ2n) is 6.78. The second-order valence-corrected chi connectivity index (χ2v) is 16.4. The number of carbonyl (C=O) groups excluding carboxylic acids is 2. The van der Waals surface area contributed by atoms with Gasteiger partial charge in [-0.1, -0.05) is 55.8 Å². The molecular formula is C13H26F4LiNO3Si2. The van der Waals surface area contributed by atoms with E-state index in [1.165, 1.54) is 6.92 Å². The van der Waals surface area contributed by atoms with Crippen LogP contribution in [0.25, 0.3) is 4.65 Å². The predicted molar refractivity (Wildman–Crippen MR) is 87.3 cm³/mol. The zero-order chi connectivity index (χ0) is 19.1. The fraction of sp³-hybridized carbons (Fsp3) is 0.846.